The van der Waals surface area contributed by atoms with Gasteiger partial charge in [-0.05, 0) is 0 Å². The number of hydrogen-bond acceptors (Lipinski definition) is 2. The van der Waals surface area contributed by atoms with Crippen molar-refractivity contribution in [2.45, 2.75) is 6.05 Å². The predicted molar refractivity (Wildman–Crippen MR) is 14.6 cm³/mol. The molecule has 6 heteroatoms. The minimum absolute atomic E-state index is 0.0833. The average Bonchev–Trinajstić information content (AvgIpc) is 1.67. The Balaban J connectivity index is 3.97. The Kier molecular flexibility index (Phi) is 1.76. The van der Waals surface area contributed by atoms with Crippen molar-refractivity contribution in [2.24, 2.45) is 0 Å². The summed E-state index contributed by atoms with van der Waals surface area (Å²) in [6, 6.07) is -4.57. The molecule has 0 N–H and O–H groups in total. The van der Waals surface area contributed by atoms with E-state index in [4.69, 9.17) is 5.26 Å². The maximum absolute atomic E-state index is 11.1. The van der Waals surface area contributed by atoms with Gasteiger partial charge in [-0.25, -0.2) is 0 Å². The molecule has 2 nitrogen and oxygen atoms in total. The molecule has 0 radical (unpaired) electrons. The number of nitriles is 1. The molecule has 0 aliphatic rings. The van der Waals surface area contributed by atoms with Crippen molar-refractivity contribution in [3.05, 3.63) is 0 Å². The largest absolute Gasteiger partial charge is 0.446 e. The Labute approximate surface area is 41.8 Å². The molecule has 0 unspecified atom stereocenters. The average molecular weight is 128 g/mol. The van der Waals surface area contributed by atoms with Crippen LogP contribution in [-0.4, -0.2) is 11.4 Å². The number of alkyl halides is 2. The van der Waals surface area contributed by atoms with Crippen LogP contribution in [-0.2, 0) is 0 Å². The number of nitrogens with zero attached hydrogens (tertiary/aromatic N) is 2. The molecule has 8 heavy (non-hydrogen) atoms. The van der Waals surface area contributed by atoms with Crippen LogP contribution in [0.15, 0.2) is 0 Å². The molecule has 0 atom stereocenters. The number of rotatable bonds is 1. The second kappa shape index (κ2) is 1.96. The molecule has 0 saturated carbocycles. The highest BCUT2D eigenvalue weighted by atomic mass is 19.4. The van der Waals surface area contributed by atoms with Gasteiger partial charge in [0.1, 0.15) is 5.34 Å². The van der Waals surface area contributed by atoms with Crippen LogP contribution in [0.1, 0.15) is 0 Å². The minimum Gasteiger partial charge on any atom is -0.190 e. The zero-order chi connectivity index (χ0) is 6.78. The molecule has 0 rings (SSSR count). The fourth-order valence-electron chi connectivity index (χ4n) is 0.0378. The highest BCUT2D eigenvalue weighted by Crippen LogP contribution is 2.18. The van der Waals surface area contributed by atoms with Crippen LogP contribution >= 0.6 is 0 Å². The van der Waals surface area contributed by atoms with Crippen molar-refractivity contribution in [1.29, 1.82) is 5.26 Å². The Hall–Kier alpha value is -0.830. The number of hydrogen-bond donors (Lipinski definition) is 0. The van der Waals surface area contributed by atoms with E-state index in [1.807, 2.05) is 0 Å². The van der Waals surface area contributed by atoms with Crippen molar-refractivity contribution in [2.75, 3.05) is 0 Å². The third kappa shape index (κ3) is 1.35. The lowest BCUT2D eigenvalue weighted by Crippen LogP contribution is -2.26. The fraction of sp³-hybridized carbons (Fsp3) is 0.500. The van der Waals surface area contributed by atoms with Gasteiger partial charge in [0.25, 0.3) is 0 Å². The minimum atomic E-state index is -4.65. The van der Waals surface area contributed by atoms with E-state index in [0.717, 1.165) is 0 Å². The Morgan fingerprint density at radius 1 is 1.38 bits per heavy atom. The first kappa shape index (κ1) is 7.17. The summed E-state index contributed by atoms with van der Waals surface area (Å²) in [6.45, 7) is 0. The molecule has 0 bridgehead atoms. The molecule has 0 aromatic heterocycles. The van der Waals surface area contributed by atoms with Crippen LogP contribution < -0.4 is 0 Å². The molecular formula is C2F4N2. The topological polar surface area (TPSA) is 27.0 Å². The van der Waals surface area contributed by atoms with Crippen molar-refractivity contribution < 1.29 is 17.7 Å². The second-order valence-corrected chi connectivity index (χ2v) is 0.886. The third-order valence-corrected chi connectivity index (χ3v) is 0.347. The molecule has 0 saturated heterocycles. The van der Waals surface area contributed by atoms with Crippen molar-refractivity contribution in [3.8, 4) is 6.07 Å². The molecule has 0 heterocycles. The molecule has 0 aliphatic carbocycles. The van der Waals surface area contributed by atoms with E-state index in [0.29, 0.717) is 0 Å². The van der Waals surface area contributed by atoms with Crippen LogP contribution in [0.4, 0.5) is 17.7 Å². The Morgan fingerprint density at radius 3 is 1.75 bits per heavy atom. The van der Waals surface area contributed by atoms with Crippen LogP contribution in [0.5, 0.6) is 0 Å². The SMILES string of the molecule is N#CC(F)(F)N(F)F. The lowest BCUT2D eigenvalue weighted by Gasteiger charge is -2.03. The molecular weight excluding hydrogens is 128 g/mol. The van der Waals surface area contributed by atoms with Crippen LogP contribution in [0.25, 0.3) is 0 Å². The Bertz CT molecular complexity index is 114. The third-order valence-electron chi connectivity index (χ3n) is 0.347. The van der Waals surface area contributed by atoms with Crippen LogP contribution in [0, 0.1) is 11.3 Å². The summed E-state index contributed by atoms with van der Waals surface area (Å²) in [5, 5.41) is 4.79. The molecule has 0 aromatic carbocycles. The summed E-state index contributed by atoms with van der Waals surface area (Å²) in [5.74, 6) is 0. The van der Waals surface area contributed by atoms with Crippen molar-refractivity contribution >= 4 is 0 Å². The van der Waals surface area contributed by atoms with Gasteiger partial charge in [-0.1, -0.05) is 8.96 Å². The van der Waals surface area contributed by atoms with Crippen molar-refractivity contribution in [3.63, 3.8) is 0 Å². The molecule has 46 valence electrons. The summed E-state index contributed by atoms with van der Waals surface area (Å²) >= 11 is 0. The van der Waals surface area contributed by atoms with Gasteiger partial charge in [0.15, 0.2) is 6.07 Å². The second-order valence-electron chi connectivity index (χ2n) is 0.886. The maximum atomic E-state index is 11.1. The monoisotopic (exact) mass is 128 g/mol. The Morgan fingerprint density at radius 2 is 1.75 bits per heavy atom. The van der Waals surface area contributed by atoms with Crippen LogP contribution in [0.2, 0.25) is 0 Å². The summed E-state index contributed by atoms with van der Waals surface area (Å²) in [6.07, 6.45) is 0. The quantitative estimate of drug-likeness (QED) is 0.301. The lowest BCUT2D eigenvalue weighted by atomic mass is 10.7. The van der Waals surface area contributed by atoms with Gasteiger partial charge in [0.2, 0.25) is 0 Å². The summed E-state index contributed by atoms with van der Waals surface area (Å²) < 4.78 is 43.5. The summed E-state index contributed by atoms with van der Waals surface area (Å²) in [5.41, 5.74) is 0. The fourth-order valence-corrected chi connectivity index (χ4v) is 0.0378. The number of halogens is 4. The van der Waals surface area contributed by atoms with E-state index in [1.165, 1.54) is 0 Å². The maximum Gasteiger partial charge on any atom is 0.446 e. The zero-order valence-electron chi connectivity index (χ0n) is 3.41. The standard InChI is InChI=1S/C2F4N2/c3-2(4,1-7)8(5)6. The van der Waals surface area contributed by atoms with E-state index in [-0.39, 0.29) is 6.07 Å². The van der Waals surface area contributed by atoms with E-state index < -0.39 is 11.4 Å². The molecule has 0 spiro atoms. The van der Waals surface area contributed by atoms with Gasteiger partial charge in [-0.2, -0.15) is 14.0 Å². The van der Waals surface area contributed by atoms with Gasteiger partial charge < -0.3 is 0 Å². The molecule has 0 amide bonds. The van der Waals surface area contributed by atoms with E-state index in [2.05, 4.69) is 0 Å². The summed E-state index contributed by atoms with van der Waals surface area (Å²) in [4.78, 5) is 0. The van der Waals surface area contributed by atoms with Gasteiger partial charge in [0, 0.05) is 0 Å². The molecule has 0 aliphatic heterocycles. The van der Waals surface area contributed by atoms with Gasteiger partial charge in [-0.15, -0.1) is 0 Å². The first-order valence-corrected chi connectivity index (χ1v) is 1.41. The normalized spacial score (nSPS) is 11.5. The van der Waals surface area contributed by atoms with E-state index >= 15 is 0 Å². The molecule has 0 aromatic rings. The first-order valence-electron chi connectivity index (χ1n) is 1.41. The van der Waals surface area contributed by atoms with Gasteiger partial charge >= 0.3 is 6.05 Å². The van der Waals surface area contributed by atoms with Gasteiger partial charge in [-0.3, -0.25) is 0 Å². The zero-order valence-corrected chi connectivity index (χ0v) is 3.41. The first-order chi connectivity index (χ1) is 3.50. The van der Waals surface area contributed by atoms with Crippen molar-refractivity contribution in [1.82, 2.24) is 5.34 Å². The van der Waals surface area contributed by atoms with Gasteiger partial charge in [0.05, 0.1) is 0 Å². The van der Waals surface area contributed by atoms with E-state index in [9.17, 15) is 17.7 Å². The van der Waals surface area contributed by atoms with Crippen LogP contribution in [0.3, 0.4) is 0 Å². The lowest BCUT2D eigenvalue weighted by molar-refractivity contribution is -0.304. The van der Waals surface area contributed by atoms with E-state index in [1.54, 1.807) is 0 Å². The summed E-state index contributed by atoms with van der Waals surface area (Å²) in [7, 11) is 0. The highest BCUT2D eigenvalue weighted by molar-refractivity contribution is 4.85. The predicted octanol–water partition coefficient (Wildman–Crippen LogP) is 1.17. The molecule has 0 fully saturated rings. The smallest absolute Gasteiger partial charge is 0.190 e. The highest BCUT2D eigenvalue weighted by Gasteiger charge is 2.39.